The Morgan fingerprint density at radius 1 is 1.20 bits per heavy atom. The smallest absolute Gasteiger partial charge is 0.0938 e. The molecular formula is C13H24O2. The molecule has 0 fully saturated rings. The van der Waals surface area contributed by atoms with Gasteiger partial charge in [-0.15, -0.1) is 0 Å². The summed E-state index contributed by atoms with van der Waals surface area (Å²) in [6.07, 6.45) is 6.27. The molecule has 0 heterocycles. The summed E-state index contributed by atoms with van der Waals surface area (Å²) in [5.74, 6) is 0.372. The fourth-order valence-corrected chi connectivity index (χ4v) is 1.07. The Kier molecular flexibility index (Phi) is 6.93. The van der Waals surface area contributed by atoms with Crippen molar-refractivity contribution < 1.29 is 9.47 Å². The molecule has 0 saturated heterocycles. The van der Waals surface area contributed by atoms with Crippen LogP contribution in [0.1, 0.15) is 34.1 Å². The molecule has 0 aromatic carbocycles. The Morgan fingerprint density at radius 3 is 2.27 bits per heavy atom. The van der Waals surface area contributed by atoms with Crippen LogP contribution in [0.25, 0.3) is 0 Å². The molecule has 0 aromatic rings. The fraction of sp³-hybridized carbons (Fsp3) is 0.692. The van der Waals surface area contributed by atoms with Crippen LogP contribution in [0.5, 0.6) is 0 Å². The minimum Gasteiger partial charge on any atom is -0.501 e. The van der Waals surface area contributed by atoms with Crippen molar-refractivity contribution in [2.45, 2.75) is 34.1 Å². The second kappa shape index (κ2) is 7.38. The van der Waals surface area contributed by atoms with Crippen molar-refractivity contribution in [1.29, 1.82) is 0 Å². The highest BCUT2D eigenvalue weighted by Crippen LogP contribution is 2.26. The van der Waals surface area contributed by atoms with E-state index >= 15 is 0 Å². The van der Waals surface area contributed by atoms with Gasteiger partial charge in [-0.1, -0.05) is 40.3 Å². The zero-order valence-corrected chi connectivity index (χ0v) is 10.5. The van der Waals surface area contributed by atoms with Gasteiger partial charge >= 0.3 is 0 Å². The Hall–Kier alpha value is -0.920. The van der Waals surface area contributed by atoms with Gasteiger partial charge in [-0.2, -0.15) is 0 Å². The summed E-state index contributed by atoms with van der Waals surface area (Å²) < 4.78 is 10.7. The molecule has 0 aliphatic carbocycles. The van der Waals surface area contributed by atoms with E-state index in [1.165, 1.54) is 6.26 Å². The van der Waals surface area contributed by atoms with Gasteiger partial charge in [0.25, 0.3) is 0 Å². The average molecular weight is 212 g/mol. The summed E-state index contributed by atoms with van der Waals surface area (Å²) in [6, 6.07) is 0. The lowest BCUT2D eigenvalue weighted by Crippen LogP contribution is -2.28. The van der Waals surface area contributed by atoms with Gasteiger partial charge in [0.05, 0.1) is 25.7 Å². The molecule has 1 atom stereocenters. The predicted molar refractivity (Wildman–Crippen MR) is 64.5 cm³/mol. The molecule has 0 aliphatic heterocycles. The quantitative estimate of drug-likeness (QED) is 0.598. The van der Waals surface area contributed by atoms with Crippen molar-refractivity contribution in [2.24, 2.45) is 11.3 Å². The van der Waals surface area contributed by atoms with E-state index in [0.29, 0.717) is 19.1 Å². The molecule has 2 heteroatoms. The van der Waals surface area contributed by atoms with E-state index in [1.54, 1.807) is 6.26 Å². The third-order valence-electron chi connectivity index (χ3n) is 2.37. The number of rotatable bonds is 7. The molecule has 0 N–H and O–H groups in total. The van der Waals surface area contributed by atoms with Gasteiger partial charge < -0.3 is 9.47 Å². The maximum atomic E-state index is 5.46. The first kappa shape index (κ1) is 14.1. The van der Waals surface area contributed by atoms with E-state index in [4.69, 9.17) is 9.47 Å². The van der Waals surface area contributed by atoms with Crippen LogP contribution in [-0.4, -0.2) is 13.2 Å². The fourth-order valence-electron chi connectivity index (χ4n) is 1.07. The molecule has 15 heavy (non-hydrogen) atoms. The standard InChI is InChI=1S/C13H24O2/c1-6-8-9-15-11-12(10-14-7-2)13(3,4)5/h7-9,12H,2,6,10-11H2,1,3-5H3. The van der Waals surface area contributed by atoms with Gasteiger partial charge in [-0.3, -0.25) is 0 Å². The molecule has 1 unspecified atom stereocenters. The summed E-state index contributed by atoms with van der Waals surface area (Å²) in [6.45, 7) is 13.6. The van der Waals surface area contributed by atoms with Crippen molar-refractivity contribution in [3.8, 4) is 0 Å². The maximum Gasteiger partial charge on any atom is 0.0938 e. The molecule has 0 bridgehead atoms. The molecule has 88 valence electrons. The van der Waals surface area contributed by atoms with Crippen LogP contribution in [0, 0.1) is 11.3 Å². The molecular weight excluding hydrogens is 188 g/mol. The Bertz CT molecular complexity index is 189. The first-order valence-corrected chi connectivity index (χ1v) is 5.51. The highest BCUT2D eigenvalue weighted by atomic mass is 16.5. The summed E-state index contributed by atoms with van der Waals surface area (Å²) in [5.41, 5.74) is 0.184. The van der Waals surface area contributed by atoms with Crippen LogP contribution in [-0.2, 0) is 9.47 Å². The van der Waals surface area contributed by atoms with Crippen LogP contribution in [0.4, 0.5) is 0 Å². The predicted octanol–water partition coefficient (Wildman–Crippen LogP) is 3.75. The molecule has 0 aromatic heterocycles. The second-order valence-corrected chi connectivity index (χ2v) is 4.68. The lowest BCUT2D eigenvalue weighted by molar-refractivity contribution is 0.0559. The Balaban J connectivity index is 4.01. The summed E-state index contributed by atoms with van der Waals surface area (Å²) in [7, 11) is 0. The van der Waals surface area contributed by atoms with Crippen molar-refractivity contribution in [3.63, 3.8) is 0 Å². The van der Waals surface area contributed by atoms with Gasteiger partial charge in [-0.05, 0) is 11.8 Å². The van der Waals surface area contributed by atoms with E-state index in [1.807, 2.05) is 6.08 Å². The molecule has 0 rings (SSSR count). The maximum absolute atomic E-state index is 5.46. The summed E-state index contributed by atoms with van der Waals surface area (Å²) >= 11 is 0. The van der Waals surface area contributed by atoms with Gasteiger partial charge in [-0.25, -0.2) is 0 Å². The SMILES string of the molecule is C=COCC(COC=CCC)C(C)(C)C. The first-order valence-electron chi connectivity index (χ1n) is 5.51. The van der Waals surface area contributed by atoms with Crippen molar-refractivity contribution in [2.75, 3.05) is 13.2 Å². The van der Waals surface area contributed by atoms with Crippen molar-refractivity contribution in [1.82, 2.24) is 0 Å². The molecule has 0 radical (unpaired) electrons. The molecule has 2 nitrogen and oxygen atoms in total. The van der Waals surface area contributed by atoms with Crippen LogP contribution in [0.15, 0.2) is 25.2 Å². The minimum atomic E-state index is 0.184. The van der Waals surface area contributed by atoms with E-state index in [-0.39, 0.29) is 5.41 Å². The van der Waals surface area contributed by atoms with Gasteiger partial charge in [0, 0.05) is 5.92 Å². The first-order chi connectivity index (χ1) is 7.02. The number of allylic oxidation sites excluding steroid dienone is 1. The molecule has 0 aliphatic rings. The van der Waals surface area contributed by atoms with E-state index < -0.39 is 0 Å². The minimum absolute atomic E-state index is 0.184. The monoisotopic (exact) mass is 212 g/mol. The highest BCUT2D eigenvalue weighted by Gasteiger charge is 2.25. The lowest BCUT2D eigenvalue weighted by atomic mass is 9.82. The van der Waals surface area contributed by atoms with E-state index in [2.05, 4.69) is 34.3 Å². The summed E-state index contributed by atoms with van der Waals surface area (Å²) in [4.78, 5) is 0. The Morgan fingerprint density at radius 2 is 1.80 bits per heavy atom. The average Bonchev–Trinajstić information content (AvgIpc) is 2.15. The third kappa shape index (κ3) is 7.06. The number of hydrogen-bond acceptors (Lipinski definition) is 2. The van der Waals surface area contributed by atoms with Crippen LogP contribution in [0.3, 0.4) is 0 Å². The number of hydrogen-bond donors (Lipinski definition) is 0. The molecule has 0 saturated carbocycles. The lowest BCUT2D eigenvalue weighted by Gasteiger charge is -2.29. The molecule has 0 spiro atoms. The zero-order chi connectivity index (χ0) is 11.7. The molecule has 0 amide bonds. The van der Waals surface area contributed by atoms with Crippen LogP contribution in [0.2, 0.25) is 0 Å². The van der Waals surface area contributed by atoms with Crippen LogP contribution < -0.4 is 0 Å². The van der Waals surface area contributed by atoms with E-state index in [0.717, 1.165) is 6.42 Å². The summed E-state index contributed by atoms with van der Waals surface area (Å²) in [5, 5.41) is 0. The normalized spacial score (nSPS) is 13.9. The highest BCUT2D eigenvalue weighted by molar-refractivity contribution is 4.77. The number of ether oxygens (including phenoxy) is 2. The van der Waals surface area contributed by atoms with Crippen molar-refractivity contribution >= 4 is 0 Å². The van der Waals surface area contributed by atoms with Gasteiger partial charge in [0.2, 0.25) is 0 Å². The second-order valence-electron chi connectivity index (χ2n) is 4.68. The van der Waals surface area contributed by atoms with Crippen LogP contribution >= 0.6 is 0 Å². The third-order valence-corrected chi connectivity index (χ3v) is 2.37. The van der Waals surface area contributed by atoms with Gasteiger partial charge in [0.1, 0.15) is 0 Å². The zero-order valence-electron chi connectivity index (χ0n) is 10.5. The topological polar surface area (TPSA) is 18.5 Å². The largest absolute Gasteiger partial charge is 0.501 e. The Labute approximate surface area is 94.0 Å². The van der Waals surface area contributed by atoms with E-state index in [9.17, 15) is 0 Å². The van der Waals surface area contributed by atoms with Gasteiger partial charge in [0.15, 0.2) is 0 Å². The van der Waals surface area contributed by atoms with Crippen molar-refractivity contribution in [3.05, 3.63) is 25.2 Å².